The van der Waals surface area contributed by atoms with E-state index in [0.29, 0.717) is 23.2 Å². The largest absolute Gasteiger partial charge is 0.423 e. The Balaban J connectivity index is 1.88. The van der Waals surface area contributed by atoms with Gasteiger partial charge in [-0.15, -0.1) is 0 Å². The van der Waals surface area contributed by atoms with Gasteiger partial charge in [0.05, 0.1) is 4.92 Å². The molecule has 0 aliphatic carbocycles. The molecule has 19 heavy (non-hydrogen) atoms. The molecule has 1 fully saturated rings. The molecule has 1 N–H and O–H groups in total. The van der Waals surface area contributed by atoms with Gasteiger partial charge in [-0.1, -0.05) is 6.07 Å². The number of para-hydroxylation sites is 1. The van der Waals surface area contributed by atoms with Crippen LogP contribution >= 0.6 is 11.8 Å². The van der Waals surface area contributed by atoms with Crippen LogP contribution in [-0.2, 0) is 0 Å². The van der Waals surface area contributed by atoms with Gasteiger partial charge < -0.3 is 9.73 Å². The first-order valence-electron chi connectivity index (χ1n) is 6.12. The summed E-state index contributed by atoms with van der Waals surface area (Å²) in [7, 11) is 0. The molecular weight excluding hydrogens is 266 g/mol. The Morgan fingerprint density at radius 2 is 2.42 bits per heavy atom. The molecule has 7 heteroatoms. The van der Waals surface area contributed by atoms with Crippen molar-refractivity contribution in [1.82, 2.24) is 4.98 Å². The average Bonchev–Trinajstić information content (AvgIpc) is 2.81. The van der Waals surface area contributed by atoms with Crippen molar-refractivity contribution < 1.29 is 9.34 Å². The molecule has 1 aliphatic heterocycles. The zero-order valence-corrected chi connectivity index (χ0v) is 11.0. The number of aromatic nitrogens is 1. The predicted octanol–water partition coefficient (Wildman–Crippen LogP) is 3.04. The van der Waals surface area contributed by atoms with Crippen molar-refractivity contribution >= 4 is 34.6 Å². The van der Waals surface area contributed by atoms with Crippen LogP contribution in [0.3, 0.4) is 0 Å². The maximum atomic E-state index is 10.9. The number of fused-ring (bicyclic) bond motifs is 1. The molecule has 0 spiro atoms. The van der Waals surface area contributed by atoms with E-state index in [1.54, 1.807) is 12.1 Å². The van der Waals surface area contributed by atoms with Crippen molar-refractivity contribution in [3.8, 4) is 0 Å². The molecule has 2 heterocycles. The number of nitrogens with one attached hydrogen (secondary N) is 1. The SMILES string of the molecule is O=[N+]([O-])c1cccc2oc(NC3CCCSC3)nc12. The highest BCUT2D eigenvalue weighted by molar-refractivity contribution is 7.99. The fourth-order valence-corrected chi connectivity index (χ4v) is 3.24. The monoisotopic (exact) mass is 279 g/mol. The third kappa shape index (κ3) is 2.51. The average molecular weight is 279 g/mol. The molecule has 2 aromatic rings. The van der Waals surface area contributed by atoms with Crippen molar-refractivity contribution in [2.75, 3.05) is 16.8 Å². The van der Waals surface area contributed by atoms with Gasteiger partial charge in [0.1, 0.15) is 0 Å². The number of anilines is 1. The molecule has 0 amide bonds. The lowest BCUT2D eigenvalue weighted by atomic mass is 10.2. The van der Waals surface area contributed by atoms with Crippen LogP contribution in [0.4, 0.5) is 11.7 Å². The van der Waals surface area contributed by atoms with Crippen LogP contribution in [0, 0.1) is 10.1 Å². The van der Waals surface area contributed by atoms with E-state index in [4.69, 9.17) is 4.42 Å². The van der Waals surface area contributed by atoms with Crippen LogP contribution in [-0.4, -0.2) is 27.5 Å². The molecule has 6 nitrogen and oxygen atoms in total. The van der Waals surface area contributed by atoms with Gasteiger partial charge in [-0.05, 0) is 24.7 Å². The Hall–Kier alpha value is -1.76. The van der Waals surface area contributed by atoms with Gasteiger partial charge in [-0.25, -0.2) is 0 Å². The highest BCUT2D eigenvalue weighted by Gasteiger charge is 2.20. The van der Waals surface area contributed by atoms with E-state index in [0.717, 1.165) is 12.2 Å². The second kappa shape index (κ2) is 5.08. The number of benzene rings is 1. The molecule has 1 unspecified atom stereocenters. The molecular formula is C12H13N3O3S. The van der Waals surface area contributed by atoms with Gasteiger partial charge in [-0.3, -0.25) is 10.1 Å². The van der Waals surface area contributed by atoms with Gasteiger partial charge in [0.25, 0.3) is 11.7 Å². The minimum Gasteiger partial charge on any atom is -0.423 e. The van der Waals surface area contributed by atoms with Gasteiger partial charge in [0, 0.05) is 17.9 Å². The summed E-state index contributed by atoms with van der Waals surface area (Å²) in [6.45, 7) is 0. The zero-order valence-electron chi connectivity index (χ0n) is 10.2. The van der Waals surface area contributed by atoms with Gasteiger partial charge >= 0.3 is 0 Å². The Morgan fingerprint density at radius 3 is 3.16 bits per heavy atom. The van der Waals surface area contributed by atoms with Crippen LogP contribution in [0.1, 0.15) is 12.8 Å². The summed E-state index contributed by atoms with van der Waals surface area (Å²) in [5.41, 5.74) is 0.728. The summed E-state index contributed by atoms with van der Waals surface area (Å²) in [5, 5.41) is 14.1. The molecule has 0 bridgehead atoms. The van der Waals surface area contributed by atoms with Gasteiger partial charge in [0.2, 0.25) is 0 Å². The molecule has 0 saturated carbocycles. The maximum Gasteiger partial charge on any atom is 0.298 e. The number of non-ortho nitro benzene ring substituents is 1. The van der Waals surface area contributed by atoms with Crippen molar-refractivity contribution in [2.24, 2.45) is 0 Å². The van der Waals surface area contributed by atoms with E-state index in [1.807, 2.05) is 11.8 Å². The van der Waals surface area contributed by atoms with Crippen LogP contribution in [0.2, 0.25) is 0 Å². The van der Waals surface area contributed by atoms with Crippen LogP contribution in [0.5, 0.6) is 0 Å². The number of thioether (sulfide) groups is 1. The molecule has 1 aromatic heterocycles. The molecule has 1 aliphatic rings. The summed E-state index contributed by atoms with van der Waals surface area (Å²) in [6.07, 6.45) is 2.25. The Labute approximate surface area is 113 Å². The molecule has 1 saturated heterocycles. The standard InChI is InChI=1S/C12H13N3O3S/c16-15(17)9-4-1-5-10-11(9)14-12(18-10)13-8-3-2-6-19-7-8/h1,4-5,8H,2-3,6-7H2,(H,13,14). The first kappa shape index (κ1) is 12.3. The Bertz CT molecular complexity index is 607. The molecule has 100 valence electrons. The highest BCUT2D eigenvalue weighted by atomic mass is 32.2. The second-order valence-electron chi connectivity index (χ2n) is 4.46. The molecule has 3 rings (SSSR count). The Morgan fingerprint density at radius 1 is 1.53 bits per heavy atom. The number of rotatable bonds is 3. The van der Waals surface area contributed by atoms with E-state index < -0.39 is 4.92 Å². The minimum atomic E-state index is -0.439. The first-order chi connectivity index (χ1) is 9.24. The number of oxazole rings is 1. The van der Waals surface area contributed by atoms with E-state index in [9.17, 15) is 10.1 Å². The minimum absolute atomic E-state index is 0.0210. The van der Waals surface area contributed by atoms with E-state index >= 15 is 0 Å². The summed E-state index contributed by atoms with van der Waals surface area (Å²) in [6, 6.07) is 5.43. The highest BCUT2D eigenvalue weighted by Crippen LogP contribution is 2.28. The van der Waals surface area contributed by atoms with Gasteiger partial charge in [0.15, 0.2) is 11.1 Å². The second-order valence-corrected chi connectivity index (χ2v) is 5.61. The first-order valence-corrected chi connectivity index (χ1v) is 7.28. The number of hydrogen-bond acceptors (Lipinski definition) is 6. The zero-order chi connectivity index (χ0) is 13.2. The molecule has 1 aromatic carbocycles. The van der Waals surface area contributed by atoms with E-state index in [1.165, 1.54) is 18.2 Å². The number of nitrogens with zero attached hydrogens (tertiary/aromatic N) is 2. The summed E-state index contributed by atoms with van der Waals surface area (Å²) in [5.74, 6) is 2.21. The summed E-state index contributed by atoms with van der Waals surface area (Å²) >= 11 is 1.90. The number of hydrogen-bond donors (Lipinski definition) is 1. The number of nitro groups is 1. The topological polar surface area (TPSA) is 81.2 Å². The fraction of sp³-hybridized carbons (Fsp3) is 0.417. The predicted molar refractivity (Wildman–Crippen MR) is 74.6 cm³/mol. The lowest BCUT2D eigenvalue weighted by Crippen LogP contribution is -2.25. The molecule has 0 radical (unpaired) electrons. The Kier molecular flexibility index (Phi) is 3.29. The van der Waals surface area contributed by atoms with Crippen molar-refractivity contribution in [2.45, 2.75) is 18.9 Å². The quantitative estimate of drug-likeness (QED) is 0.687. The maximum absolute atomic E-state index is 10.9. The third-order valence-corrected chi connectivity index (χ3v) is 4.30. The molecule has 1 atom stereocenters. The van der Waals surface area contributed by atoms with Gasteiger partial charge in [-0.2, -0.15) is 16.7 Å². The third-order valence-electron chi connectivity index (χ3n) is 3.08. The fourth-order valence-electron chi connectivity index (χ4n) is 2.17. The normalized spacial score (nSPS) is 19.5. The van der Waals surface area contributed by atoms with Crippen LogP contribution < -0.4 is 5.32 Å². The van der Waals surface area contributed by atoms with E-state index in [2.05, 4.69) is 10.3 Å². The lowest BCUT2D eigenvalue weighted by molar-refractivity contribution is -0.383. The smallest absolute Gasteiger partial charge is 0.298 e. The number of nitro benzene ring substituents is 1. The van der Waals surface area contributed by atoms with Crippen molar-refractivity contribution in [3.05, 3.63) is 28.3 Å². The summed E-state index contributed by atoms with van der Waals surface area (Å²) < 4.78 is 5.53. The van der Waals surface area contributed by atoms with E-state index in [-0.39, 0.29) is 5.69 Å². The van der Waals surface area contributed by atoms with Crippen LogP contribution in [0.15, 0.2) is 22.6 Å². The summed E-state index contributed by atoms with van der Waals surface area (Å²) in [4.78, 5) is 14.7. The van der Waals surface area contributed by atoms with Crippen molar-refractivity contribution in [1.29, 1.82) is 0 Å². The lowest BCUT2D eigenvalue weighted by Gasteiger charge is -2.21. The van der Waals surface area contributed by atoms with Crippen LogP contribution in [0.25, 0.3) is 11.1 Å². The van der Waals surface area contributed by atoms with Crippen molar-refractivity contribution in [3.63, 3.8) is 0 Å².